The van der Waals surface area contributed by atoms with Gasteiger partial charge >= 0.3 is 23.9 Å². The van der Waals surface area contributed by atoms with E-state index in [9.17, 15) is 19.2 Å². The van der Waals surface area contributed by atoms with Gasteiger partial charge in [0.05, 0.1) is 0 Å². The highest BCUT2D eigenvalue weighted by atomic mass is 32.1. The zero-order valence-electron chi connectivity index (χ0n) is 42.6. The van der Waals surface area contributed by atoms with Gasteiger partial charge in [0, 0.05) is 41.0 Å². The summed E-state index contributed by atoms with van der Waals surface area (Å²) < 4.78 is 25.2. The Morgan fingerprint density at radius 1 is 0.412 bits per heavy atom. The van der Waals surface area contributed by atoms with Crippen LogP contribution in [0, 0.1) is 23.7 Å². The fourth-order valence-electron chi connectivity index (χ4n) is 8.14. The summed E-state index contributed by atoms with van der Waals surface area (Å²) in [5.74, 6) is -2.17. The van der Waals surface area contributed by atoms with Crippen LogP contribution in [-0.2, 0) is 51.0 Å². The maximum absolute atomic E-state index is 14.6. The molecule has 1 heterocycles. The molecule has 2 aromatic rings. The van der Waals surface area contributed by atoms with Crippen LogP contribution in [0.3, 0.4) is 0 Å². The summed E-state index contributed by atoms with van der Waals surface area (Å²) >= 11 is 24.3. The first kappa shape index (κ1) is 58.2. The topological polar surface area (TPSA) is 118 Å². The molecule has 1 fully saturated rings. The van der Waals surface area contributed by atoms with Gasteiger partial charge in [0.1, 0.15) is 56.3 Å². The number of ether oxygens (including phenoxy) is 4. The molecule has 1 aliphatic heterocycles. The highest BCUT2D eigenvalue weighted by Crippen LogP contribution is 2.25. The van der Waals surface area contributed by atoms with Crippen molar-refractivity contribution in [2.75, 3.05) is 28.2 Å². The molecule has 0 radical (unpaired) electrons. The molecule has 2 aromatic carbocycles. The number of carbonyl (C=O) groups excluding carboxylic acids is 4. The van der Waals surface area contributed by atoms with Gasteiger partial charge in [0.2, 0.25) is 0 Å². The minimum Gasteiger partial charge on any atom is -0.454 e. The summed E-state index contributed by atoms with van der Waals surface area (Å²) in [6.07, 6.45) is -1.94. The molecule has 0 aliphatic carbocycles. The van der Waals surface area contributed by atoms with Gasteiger partial charge in [-0.15, -0.1) is 0 Å². The molecule has 1 aliphatic rings. The number of hydrogen-bond acceptors (Lipinski definition) is 12. The second kappa shape index (κ2) is 27.3. The summed E-state index contributed by atoms with van der Waals surface area (Å²) in [6, 6.07) is 15.5. The van der Waals surface area contributed by atoms with E-state index < -0.39 is 72.5 Å². The van der Waals surface area contributed by atoms with Gasteiger partial charge in [-0.3, -0.25) is 0 Å². The van der Waals surface area contributed by atoms with E-state index in [4.69, 9.17) is 67.8 Å². The van der Waals surface area contributed by atoms with Crippen LogP contribution in [0.25, 0.3) is 0 Å². The number of hydrogen-bond donors (Lipinski definition) is 0. The van der Waals surface area contributed by atoms with Crippen LogP contribution >= 0.6 is 48.9 Å². The zero-order chi connectivity index (χ0) is 51.2. The second-order valence-electron chi connectivity index (χ2n) is 19.8. The molecule has 68 heavy (non-hydrogen) atoms. The Morgan fingerprint density at radius 2 is 0.647 bits per heavy atom. The smallest absolute Gasteiger partial charge is 0.329 e. The summed E-state index contributed by atoms with van der Waals surface area (Å²) in [7, 11) is 6.81. The number of rotatable bonds is 12. The Hall–Kier alpha value is -4.12. The van der Waals surface area contributed by atoms with Crippen molar-refractivity contribution >= 4 is 92.7 Å². The average Bonchev–Trinajstić information content (AvgIpc) is 3.28. The van der Waals surface area contributed by atoms with Crippen LogP contribution in [0.4, 0.5) is 0 Å². The first-order valence-corrected chi connectivity index (χ1v) is 25.4. The number of benzene rings is 2. The van der Waals surface area contributed by atoms with E-state index in [0.29, 0.717) is 25.7 Å². The summed E-state index contributed by atoms with van der Waals surface area (Å²) in [5.41, 5.74) is 1.73. The minimum absolute atomic E-state index is 0.0330. The van der Waals surface area contributed by atoms with Crippen LogP contribution in [0.5, 0.6) is 0 Å². The van der Waals surface area contributed by atoms with Gasteiger partial charge < -0.3 is 38.5 Å². The van der Waals surface area contributed by atoms with Crippen LogP contribution in [-0.4, -0.2) is 140 Å². The van der Waals surface area contributed by atoms with Gasteiger partial charge in [-0.2, -0.15) is 0 Å². The van der Waals surface area contributed by atoms with Crippen LogP contribution in [0.15, 0.2) is 60.7 Å². The molecule has 12 nitrogen and oxygen atoms in total. The van der Waals surface area contributed by atoms with Crippen molar-refractivity contribution in [3.63, 3.8) is 0 Å². The predicted molar refractivity (Wildman–Crippen MR) is 286 cm³/mol. The number of carbonyl (C=O) groups is 4. The van der Waals surface area contributed by atoms with E-state index in [-0.39, 0.29) is 56.5 Å². The highest BCUT2D eigenvalue weighted by Gasteiger charge is 2.40. The second-order valence-corrected chi connectivity index (χ2v) is 21.4. The quantitative estimate of drug-likeness (QED) is 0.114. The largest absolute Gasteiger partial charge is 0.454 e. The lowest BCUT2D eigenvalue weighted by Gasteiger charge is -2.38. The van der Waals surface area contributed by atoms with E-state index in [0.717, 1.165) is 11.1 Å². The molecule has 1 saturated heterocycles. The number of thiocarbonyl (C=S) groups is 4. The Labute approximate surface area is 428 Å². The summed E-state index contributed by atoms with van der Waals surface area (Å²) in [5, 5.41) is 0. The van der Waals surface area contributed by atoms with Crippen molar-refractivity contribution in [2.24, 2.45) is 23.7 Å². The van der Waals surface area contributed by atoms with E-state index in [1.165, 1.54) is 0 Å². The lowest BCUT2D eigenvalue weighted by Crippen LogP contribution is -2.54. The fraction of sp³-hybridized carbons (Fsp3) is 0.615. The SMILES string of the molecule is CC(C)C[C@H]1C(=O)OC(Cc2ccccc2)C(=S)N(C)[C@@H](CC(C)C)C(=O)OC(C)C(=S)N(C)[C@@H](CC(C)C)C(=O)OC(Cc2ccccc2)C(=S)N(C)[C@@H](CC(C)C)C(=O)OC(C)C(=S)N1C. The molecule has 376 valence electrons. The Bertz CT molecular complexity index is 1880. The molecule has 3 rings (SSSR count). The molecule has 0 aromatic heterocycles. The normalized spacial score (nSPS) is 25.2. The first-order chi connectivity index (χ1) is 31.8. The van der Waals surface area contributed by atoms with Crippen molar-refractivity contribution in [2.45, 2.75) is 156 Å². The monoisotopic (exact) mass is 1010 g/mol. The maximum Gasteiger partial charge on any atom is 0.329 e. The van der Waals surface area contributed by atoms with Gasteiger partial charge in [-0.1, -0.05) is 165 Å². The molecule has 4 unspecified atom stereocenters. The molecule has 0 bridgehead atoms. The zero-order valence-corrected chi connectivity index (χ0v) is 45.9. The number of cyclic esters (lactones) is 4. The summed E-state index contributed by atoms with van der Waals surface area (Å²) in [6.45, 7) is 19.3. The minimum atomic E-state index is -0.973. The van der Waals surface area contributed by atoms with Gasteiger partial charge in [-0.25, -0.2) is 19.2 Å². The van der Waals surface area contributed by atoms with Crippen LogP contribution in [0.1, 0.15) is 106 Å². The van der Waals surface area contributed by atoms with Crippen molar-refractivity contribution in [3.05, 3.63) is 71.8 Å². The van der Waals surface area contributed by atoms with Crippen molar-refractivity contribution in [3.8, 4) is 0 Å². The van der Waals surface area contributed by atoms with Gasteiger partial charge in [-0.05, 0) is 74.3 Å². The number of nitrogens with zero attached hydrogens (tertiary/aromatic N) is 4. The molecule has 0 amide bonds. The fourth-order valence-corrected chi connectivity index (χ4v) is 9.01. The third-order valence-electron chi connectivity index (χ3n) is 12.0. The maximum atomic E-state index is 14.6. The van der Waals surface area contributed by atoms with Crippen molar-refractivity contribution in [1.29, 1.82) is 0 Å². The molecule has 0 N–H and O–H groups in total. The number of esters is 4. The molecule has 0 saturated carbocycles. The van der Waals surface area contributed by atoms with E-state index >= 15 is 0 Å². The third-order valence-corrected chi connectivity index (χ3v) is 14.3. The van der Waals surface area contributed by atoms with Gasteiger partial charge in [0.25, 0.3) is 0 Å². The molecule has 16 heteroatoms. The predicted octanol–water partition coefficient (Wildman–Crippen LogP) is 8.87. The molecular formula is C52H76N4O8S4. The Balaban J connectivity index is 2.25. The average molecular weight is 1010 g/mol. The van der Waals surface area contributed by atoms with Crippen LogP contribution in [0.2, 0.25) is 0 Å². The number of likely N-dealkylation sites (N-methyl/N-ethyl adjacent to an activating group) is 4. The van der Waals surface area contributed by atoms with Crippen molar-refractivity contribution < 1.29 is 38.1 Å². The van der Waals surface area contributed by atoms with E-state index in [1.807, 2.05) is 116 Å². The van der Waals surface area contributed by atoms with E-state index in [2.05, 4.69) is 0 Å². The standard InChI is InChI=1S/C52H76N4O8S4/c1-31(2)25-39-49(57)61-35(9)45(65)53(11)42(28-34(7)8)52(60)64-44(30-38-23-19-16-20-24-38)48(68)56(14)40(26-32(3)4)50(58)62-36(10)46(66)54(12)41(27-33(5)6)51(59)63-43(47(67)55(39)13)29-37-21-17-15-18-22-37/h15-24,31-36,39-44H,25-30H2,1-14H3/t35?,36?,39-,40-,41-,42-,43?,44?/m0/s1. The van der Waals surface area contributed by atoms with Crippen molar-refractivity contribution in [1.82, 2.24) is 19.6 Å². The van der Waals surface area contributed by atoms with E-state index in [1.54, 1.807) is 61.6 Å². The molecule has 8 atom stereocenters. The third kappa shape index (κ3) is 17.1. The Morgan fingerprint density at radius 3 is 0.897 bits per heavy atom. The lowest BCUT2D eigenvalue weighted by molar-refractivity contribution is -0.152. The molecular weight excluding hydrogens is 937 g/mol. The molecule has 0 spiro atoms. The van der Waals surface area contributed by atoms with Crippen LogP contribution < -0.4 is 0 Å². The Kier molecular flexibility index (Phi) is 23.4. The highest BCUT2D eigenvalue weighted by molar-refractivity contribution is 7.81. The first-order valence-electron chi connectivity index (χ1n) is 23.8. The van der Waals surface area contributed by atoms with Gasteiger partial charge in [0.15, 0.2) is 12.2 Å². The lowest BCUT2D eigenvalue weighted by atomic mass is 10.00. The summed E-state index contributed by atoms with van der Waals surface area (Å²) in [4.78, 5) is 65.6.